The highest BCUT2D eigenvalue weighted by molar-refractivity contribution is 5.94. The van der Waals surface area contributed by atoms with Crippen LogP contribution in [0.25, 0.3) is 11.1 Å². The smallest absolute Gasteiger partial charge is 0.318 e. The Kier molecular flexibility index (Phi) is 8.12. The van der Waals surface area contributed by atoms with Gasteiger partial charge in [0, 0.05) is 44.1 Å². The molecule has 0 unspecified atom stereocenters. The first-order valence-corrected chi connectivity index (χ1v) is 12.7. The predicted molar refractivity (Wildman–Crippen MR) is 149 cm³/mol. The van der Waals surface area contributed by atoms with Gasteiger partial charge in [-0.25, -0.2) is 4.79 Å². The molecule has 1 atom stereocenters. The molecule has 5 N–H and O–H groups in total. The van der Waals surface area contributed by atoms with E-state index in [1.54, 1.807) is 25.8 Å². The van der Waals surface area contributed by atoms with Gasteiger partial charge < -0.3 is 26.6 Å². The monoisotopic (exact) mass is 513 g/mol. The van der Waals surface area contributed by atoms with Crippen molar-refractivity contribution < 1.29 is 14.4 Å². The van der Waals surface area contributed by atoms with Gasteiger partial charge in [0.1, 0.15) is 6.04 Å². The highest BCUT2D eigenvalue weighted by Gasteiger charge is 2.31. The van der Waals surface area contributed by atoms with Crippen molar-refractivity contribution >= 4 is 23.5 Å². The van der Waals surface area contributed by atoms with E-state index in [2.05, 4.69) is 16.0 Å². The number of hydrogen-bond acceptors (Lipinski definition) is 4. The minimum Gasteiger partial charge on any atom is -0.344 e. The number of urea groups is 1. The average molecular weight is 514 g/mol. The van der Waals surface area contributed by atoms with Gasteiger partial charge in [-0.15, -0.1) is 0 Å². The lowest BCUT2D eigenvalue weighted by Gasteiger charge is -2.26. The fourth-order valence-corrected chi connectivity index (χ4v) is 4.67. The van der Waals surface area contributed by atoms with E-state index in [4.69, 9.17) is 5.73 Å². The molecule has 0 fully saturated rings. The van der Waals surface area contributed by atoms with Gasteiger partial charge in [0.15, 0.2) is 0 Å². The number of fused-ring (bicyclic) bond motifs is 1. The Bertz CT molecular complexity index is 1310. The van der Waals surface area contributed by atoms with Crippen LogP contribution in [0.4, 0.5) is 10.5 Å². The summed E-state index contributed by atoms with van der Waals surface area (Å²) in [5.41, 5.74) is 11.0. The lowest BCUT2D eigenvalue weighted by molar-refractivity contribution is -0.137. The highest BCUT2D eigenvalue weighted by Crippen LogP contribution is 2.29. The van der Waals surface area contributed by atoms with Crippen LogP contribution >= 0.6 is 0 Å². The Balaban J connectivity index is 1.55. The maximum atomic E-state index is 13.6. The molecular formula is C30H35N5O3. The van der Waals surface area contributed by atoms with Crippen molar-refractivity contribution in [3.63, 3.8) is 0 Å². The Morgan fingerprint density at radius 1 is 0.974 bits per heavy atom. The predicted octanol–water partition coefficient (Wildman–Crippen LogP) is 3.80. The molecule has 3 aromatic rings. The van der Waals surface area contributed by atoms with Crippen LogP contribution in [0.15, 0.2) is 72.8 Å². The summed E-state index contributed by atoms with van der Waals surface area (Å²) in [5, 5.41) is 8.35. The van der Waals surface area contributed by atoms with Crippen molar-refractivity contribution in [1.29, 1.82) is 0 Å². The third-order valence-electron chi connectivity index (χ3n) is 6.51. The van der Waals surface area contributed by atoms with Crippen molar-refractivity contribution in [3.8, 4) is 11.1 Å². The van der Waals surface area contributed by atoms with Gasteiger partial charge in [0.2, 0.25) is 11.8 Å². The van der Waals surface area contributed by atoms with Gasteiger partial charge in [-0.2, -0.15) is 0 Å². The molecule has 1 aliphatic heterocycles. The lowest BCUT2D eigenvalue weighted by atomic mass is 9.99. The number of benzene rings is 3. The van der Waals surface area contributed by atoms with Crippen LogP contribution in [0.2, 0.25) is 0 Å². The molecule has 8 nitrogen and oxygen atoms in total. The SMILES string of the molecule is CNC(=O)Nc1ccccc1-c1ccc(CN2Cc3ccccc3C[C@@H](NC(=O)CC(C)(C)N)C2=O)cc1. The summed E-state index contributed by atoms with van der Waals surface area (Å²) < 4.78 is 0. The maximum Gasteiger partial charge on any atom is 0.318 e. The van der Waals surface area contributed by atoms with Crippen molar-refractivity contribution in [2.45, 2.75) is 51.4 Å². The van der Waals surface area contributed by atoms with Gasteiger partial charge in [0.25, 0.3) is 0 Å². The van der Waals surface area contributed by atoms with E-state index in [-0.39, 0.29) is 24.3 Å². The Morgan fingerprint density at radius 3 is 2.32 bits per heavy atom. The number of hydrogen-bond donors (Lipinski definition) is 4. The molecule has 0 spiro atoms. The third-order valence-corrected chi connectivity index (χ3v) is 6.51. The highest BCUT2D eigenvalue weighted by atomic mass is 16.2. The fraction of sp³-hybridized carbons (Fsp3) is 0.300. The number of amides is 4. The number of para-hydroxylation sites is 1. The van der Waals surface area contributed by atoms with E-state index in [9.17, 15) is 14.4 Å². The molecule has 0 saturated carbocycles. The zero-order valence-electron chi connectivity index (χ0n) is 22.1. The molecule has 198 valence electrons. The van der Waals surface area contributed by atoms with E-state index in [1.165, 1.54) is 0 Å². The summed E-state index contributed by atoms with van der Waals surface area (Å²) in [4.78, 5) is 39.9. The quantitative estimate of drug-likeness (QED) is 0.384. The molecule has 0 aromatic heterocycles. The van der Waals surface area contributed by atoms with E-state index in [0.29, 0.717) is 25.2 Å². The largest absolute Gasteiger partial charge is 0.344 e. The number of nitrogens with two attached hydrogens (primary N) is 1. The zero-order valence-corrected chi connectivity index (χ0v) is 22.1. The number of carbonyl (C=O) groups is 3. The number of nitrogens with zero attached hydrogens (tertiary/aromatic N) is 1. The first-order chi connectivity index (χ1) is 18.1. The Labute approximate surface area is 223 Å². The van der Waals surface area contributed by atoms with E-state index >= 15 is 0 Å². The van der Waals surface area contributed by atoms with Crippen LogP contribution in [-0.2, 0) is 29.1 Å². The molecule has 0 saturated heterocycles. The number of rotatable bonds is 7. The molecule has 0 radical (unpaired) electrons. The summed E-state index contributed by atoms with van der Waals surface area (Å²) in [6.07, 6.45) is 0.576. The Hall–Kier alpha value is -4.17. The second-order valence-electron chi connectivity index (χ2n) is 10.4. The summed E-state index contributed by atoms with van der Waals surface area (Å²) in [7, 11) is 1.57. The maximum absolute atomic E-state index is 13.6. The minimum absolute atomic E-state index is 0.117. The topological polar surface area (TPSA) is 117 Å². The molecule has 0 aliphatic carbocycles. The fourth-order valence-electron chi connectivity index (χ4n) is 4.67. The first kappa shape index (κ1) is 26.9. The van der Waals surface area contributed by atoms with Gasteiger partial charge in [0.05, 0.1) is 5.69 Å². The van der Waals surface area contributed by atoms with Gasteiger partial charge in [-0.05, 0) is 42.2 Å². The van der Waals surface area contributed by atoms with Crippen LogP contribution < -0.4 is 21.7 Å². The van der Waals surface area contributed by atoms with Gasteiger partial charge in [-0.1, -0.05) is 66.7 Å². The average Bonchev–Trinajstić information content (AvgIpc) is 3.00. The lowest BCUT2D eigenvalue weighted by Crippen LogP contribution is -2.50. The van der Waals surface area contributed by atoms with Crippen molar-refractivity contribution in [2.24, 2.45) is 5.73 Å². The molecule has 8 heteroatoms. The first-order valence-electron chi connectivity index (χ1n) is 12.7. The standard InChI is InChI=1S/C30H35N5O3/c1-30(2,31)17-27(36)33-26-16-22-8-4-5-9-23(22)19-35(28(26)37)18-20-12-14-21(15-13-20)24-10-6-7-11-25(24)34-29(38)32-3/h4-15,26H,16-19,31H2,1-3H3,(H,33,36)(H2,32,34,38)/t26-/m1/s1. The second kappa shape index (κ2) is 11.5. The number of anilines is 1. The molecule has 3 aromatic carbocycles. The molecule has 1 heterocycles. The van der Waals surface area contributed by atoms with Gasteiger partial charge in [-0.3, -0.25) is 9.59 Å². The summed E-state index contributed by atoms with van der Waals surface area (Å²) in [6.45, 7) is 4.45. The van der Waals surface area contributed by atoms with E-state index in [1.807, 2.05) is 72.8 Å². The van der Waals surface area contributed by atoms with Crippen LogP contribution in [0.3, 0.4) is 0 Å². The number of nitrogens with one attached hydrogen (secondary N) is 3. The second-order valence-corrected chi connectivity index (χ2v) is 10.4. The summed E-state index contributed by atoms with van der Waals surface area (Å²) in [6, 6.07) is 22.6. The van der Waals surface area contributed by atoms with Crippen LogP contribution in [-0.4, -0.2) is 41.4 Å². The molecule has 38 heavy (non-hydrogen) atoms. The minimum atomic E-state index is -0.661. The normalized spacial score (nSPS) is 15.3. The number of carbonyl (C=O) groups excluding carboxylic acids is 3. The molecule has 4 amide bonds. The summed E-state index contributed by atoms with van der Waals surface area (Å²) >= 11 is 0. The van der Waals surface area contributed by atoms with Crippen molar-refractivity contribution in [3.05, 3.63) is 89.5 Å². The van der Waals surface area contributed by atoms with Crippen LogP contribution in [0, 0.1) is 0 Å². The van der Waals surface area contributed by atoms with Crippen molar-refractivity contribution in [2.75, 3.05) is 12.4 Å². The third kappa shape index (κ3) is 6.77. The molecule has 1 aliphatic rings. The van der Waals surface area contributed by atoms with Crippen molar-refractivity contribution in [1.82, 2.24) is 15.5 Å². The van der Waals surface area contributed by atoms with E-state index < -0.39 is 11.6 Å². The Morgan fingerprint density at radius 2 is 1.63 bits per heavy atom. The zero-order chi connectivity index (χ0) is 27.3. The van der Waals surface area contributed by atoms with Crippen LogP contribution in [0.1, 0.15) is 37.0 Å². The summed E-state index contributed by atoms with van der Waals surface area (Å²) in [5.74, 6) is -0.350. The molecule has 4 rings (SSSR count). The van der Waals surface area contributed by atoms with Crippen LogP contribution in [0.5, 0.6) is 0 Å². The molecular weight excluding hydrogens is 478 g/mol. The molecule has 0 bridgehead atoms. The van der Waals surface area contributed by atoms with E-state index in [0.717, 1.165) is 27.8 Å². The van der Waals surface area contributed by atoms with Gasteiger partial charge >= 0.3 is 6.03 Å².